The van der Waals surface area contributed by atoms with Gasteiger partial charge < -0.3 is 8.98 Å². The molecule has 4 aromatic rings. The normalized spacial score (nSPS) is 11.2. The largest absolute Gasteiger partial charge is 0.467 e. The lowest BCUT2D eigenvalue weighted by Gasteiger charge is -2.10. The molecule has 3 nitrogen and oxygen atoms in total. The number of rotatable bonds is 3. The van der Waals surface area contributed by atoms with Crippen LogP contribution in [-0.2, 0) is 6.54 Å². The van der Waals surface area contributed by atoms with Crippen molar-refractivity contribution in [2.75, 3.05) is 0 Å². The Bertz CT molecular complexity index is 965. The molecule has 23 heavy (non-hydrogen) atoms. The van der Waals surface area contributed by atoms with Gasteiger partial charge in [-0.1, -0.05) is 35.9 Å². The van der Waals surface area contributed by atoms with E-state index in [1.807, 2.05) is 18.2 Å². The van der Waals surface area contributed by atoms with E-state index < -0.39 is 0 Å². The summed E-state index contributed by atoms with van der Waals surface area (Å²) in [6.45, 7) is 4.93. The topological polar surface area (TPSA) is 31.0 Å². The van der Waals surface area contributed by atoms with Gasteiger partial charge in [0.05, 0.1) is 23.8 Å². The fourth-order valence-electron chi connectivity index (χ4n) is 3.06. The molecule has 114 valence electrons. The first-order valence-electron chi connectivity index (χ1n) is 7.77. The zero-order valence-corrected chi connectivity index (χ0v) is 13.3. The van der Waals surface area contributed by atoms with Crippen LogP contribution < -0.4 is 0 Å². The molecular weight excluding hydrogens is 284 g/mol. The van der Waals surface area contributed by atoms with E-state index in [1.165, 1.54) is 16.7 Å². The minimum Gasteiger partial charge on any atom is -0.467 e. The Kier molecular flexibility index (Phi) is 3.27. The molecule has 0 amide bonds. The minimum absolute atomic E-state index is 0.677. The maximum absolute atomic E-state index is 5.55. The molecule has 0 radical (unpaired) electrons. The molecule has 0 N–H and O–H groups in total. The Balaban J connectivity index is 1.94. The van der Waals surface area contributed by atoms with Crippen molar-refractivity contribution in [3.8, 4) is 11.4 Å². The van der Waals surface area contributed by atoms with E-state index in [0.29, 0.717) is 6.54 Å². The van der Waals surface area contributed by atoms with Crippen molar-refractivity contribution in [1.82, 2.24) is 9.55 Å². The highest BCUT2D eigenvalue weighted by molar-refractivity contribution is 5.81. The van der Waals surface area contributed by atoms with Crippen molar-refractivity contribution in [3.63, 3.8) is 0 Å². The number of nitrogens with zero attached hydrogens (tertiary/aromatic N) is 2. The molecule has 0 aliphatic rings. The van der Waals surface area contributed by atoms with Crippen LogP contribution in [0.4, 0.5) is 0 Å². The highest BCUT2D eigenvalue weighted by Crippen LogP contribution is 2.28. The number of benzene rings is 2. The standard InChI is InChI=1S/C20H18N2O/c1-14-9-10-17(15(2)12-14)20-21-18-7-3-4-8-19(18)22(20)13-16-6-5-11-23-16/h3-12H,13H2,1-2H3. The maximum atomic E-state index is 5.55. The maximum Gasteiger partial charge on any atom is 0.141 e. The van der Waals surface area contributed by atoms with E-state index >= 15 is 0 Å². The third-order valence-corrected chi connectivity index (χ3v) is 4.17. The van der Waals surface area contributed by atoms with E-state index in [-0.39, 0.29) is 0 Å². The summed E-state index contributed by atoms with van der Waals surface area (Å²) in [6, 6.07) is 18.7. The van der Waals surface area contributed by atoms with Crippen molar-refractivity contribution in [2.45, 2.75) is 20.4 Å². The van der Waals surface area contributed by atoms with Gasteiger partial charge in [0.2, 0.25) is 0 Å². The lowest BCUT2D eigenvalue weighted by molar-refractivity contribution is 0.497. The van der Waals surface area contributed by atoms with E-state index in [9.17, 15) is 0 Å². The minimum atomic E-state index is 0.677. The molecule has 0 aliphatic heterocycles. The van der Waals surface area contributed by atoms with Gasteiger partial charge in [0, 0.05) is 5.56 Å². The molecule has 2 aromatic carbocycles. The van der Waals surface area contributed by atoms with Gasteiger partial charge in [0.25, 0.3) is 0 Å². The molecule has 2 aromatic heterocycles. The molecule has 0 bridgehead atoms. The van der Waals surface area contributed by atoms with Crippen LogP contribution in [0.1, 0.15) is 16.9 Å². The molecule has 0 saturated heterocycles. The number of hydrogen-bond donors (Lipinski definition) is 0. The number of hydrogen-bond acceptors (Lipinski definition) is 2. The van der Waals surface area contributed by atoms with Crippen molar-refractivity contribution in [2.24, 2.45) is 0 Å². The molecule has 0 fully saturated rings. The number of para-hydroxylation sites is 2. The SMILES string of the molecule is Cc1ccc(-c2nc3ccccc3n2Cc2ccco2)c(C)c1. The van der Waals surface area contributed by atoms with Crippen molar-refractivity contribution in [1.29, 1.82) is 0 Å². The van der Waals surface area contributed by atoms with Crippen molar-refractivity contribution < 1.29 is 4.42 Å². The second-order valence-corrected chi connectivity index (χ2v) is 5.91. The van der Waals surface area contributed by atoms with E-state index in [4.69, 9.17) is 9.40 Å². The molecule has 4 rings (SSSR count). The predicted molar refractivity (Wildman–Crippen MR) is 92.5 cm³/mol. The number of aryl methyl sites for hydroxylation is 2. The van der Waals surface area contributed by atoms with Crippen LogP contribution in [-0.4, -0.2) is 9.55 Å². The van der Waals surface area contributed by atoms with Crippen LogP contribution in [0.15, 0.2) is 65.3 Å². The number of furan rings is 1. The molecule has 2 heterocycles. The highest BCUT2D eigenvalue weighted by atomic mass is 16.3. The predicted octanol–water partition coefficient (Wildman–Crippen LogP) is 4.96. The van der Waals surface area contributed by atoms with Crippen LogP contribution in [0.25, 0.3) is 22.4 Å². The summed E-state index contributed by atoms with van der Waals surface area (Å²) in [4.78, 5) is 4.88. The second kappa shape index (κ2) is 5.43. The third kappa shape index (κ3) is 2.44. The summed E-state index contributed by atoms with van der Waals surface area (Å²) in [5.74, 6) is 1.92. The number of imidazole rings is 1. The van der Waals surface area contributed by atoms with Gasteiger partial charge in [-0.3, -0.25) is 0 Å². The fraction of sp³-hybridized carbons (Fsp3) is 0.150. The Morgan fingerprint density at radius 3 is 2.65 bits per heavy atom. The average Bonchev–Trinajstić information content (AvgIpc) is 3.16. The second-order valence-electron chi connectivity index (χ2n) is 5.91. The summed E-state index contributed by atoms with van der Waals surface area (Å²) in [7, 11) is 0. The van der Waals surface area contributed by atoms with Gasteiger partial charge >= 0.3 is 0 Å². The fourth-order valence-corrected chi connectivity index (χ4v) is 3.06. The van der Waals surface area contributed by atoms with Gasteiger partial charge in [-0.25, -0.2) is 4.98 Å². The van der Waals surface area contributed by atoms with Crippen LogP contribution in [0.5, 0.6) is 0 Å². The van der Waals surface area contributed by atoms with Gasteiger partial charge in [0.15, 0.2) is 0 Å². The van der Waals surface area contributed by atoms with E-state index in [1.54, 1.807) is 6.26 Å². The third-order valence-electron chi connectivity index (χ3n) is 4.17. The van der Waals surface area contributed by atoms with Crippen LogP contribution in [0, 0.1) is 13.8 Å². The van der Waals surface area contributed by atoms with Gasteiger partial charge in [-0.05, 0) is 43.7 Å². The average molecular weight is 302 g/mol. The number of fused-ring (bicyclic) bond motifs is 1. The van der Waals surface area contributed by atoms with Gasteiger partial charge in [-0.2, -0.15) is 0 Å². The van der Waals surface area contributed by atoms with Gasteiger partial charge in [-0.15, -0.1) is 0 Å². The van der Waals surface area contributed by atoms with Gasteiger partial charge in [0.1, 0.15) is 11.6 Å². The monoisotopic (exact) mass is 302 g/mol. The molecule has 0 aliphatic carbocycles. The lowest BCUT2D eigenvalue weighted by atomic mass is 10.1. The molecule has 0 saturated carbocycles. The first-order valence-corrected chi connectivity index (χ1v) is 7.77. The van der Waals surface area contributed by atoms with Crippen molar-refractivity contribution >= 4 is 11.0 Å². The van der Waals surface area contributed by atoms with Crippen LogP contribution in [0.3, 0.4) is 0 Å². The Labute approximate surface area is 135 Å². The zero-order valence-electron chi connectivity index (χ0n) is 13.3. The van der Waals surface area contributed by atoms with E-state index in [0.717, 1.165) is 22.6 Å². The first-order chi connectivity index (χ1) is 11.2. The smallest absolute Gasteiger partial charge is 0.141 e. The molecule has 0 atom stereocenters. The summed E-state index contributed by atoms with van der Waals surface area (Å²) in [6.07, 6.45) is 1.71. The summed E-state index contributed by atoms with van der Waals surface area (Å²) < 4.78 is 7.78. The highest BCUT2D eigenvalue weighted by Gasteiger charge is 2.15. The zero-order chi connectivity index (χ0) is 15.8. The molecular formula is C20H18N2O. The summed E-state index contributed by atoms with van der Waals surface area (Å²) in [5.41, 5.74) is 5.80. The summed E-state index contributed by atoms with van der Waals surface area (Å²) in [5, 5.41) is 0. The van der Waals surface area contributed by atoms with Crippen molar-refractivity contribution in [3.05, 3.63) is 77.7 Å². The Hall–Kier alpha value is -2.81. The molecule has 0 unspecified atom stereocenters. The van der Waals surface area contributed by atoms with Crippen LogP contribution >= 0.6 is 0 Å². The number of aromatic nitrogens is 2. The Morgan fingerprint density at radius 1 is 1.00 bits per heavy atom. The summed E-state index contributed by atoms with van der Waals surface area (Å²) >= 11 is 0. The van der Waals surface area contributed by atoms with Crippen LogP contribution in [0.2, 0.25) is 0 Å². The van der Waals surface area contributed by atoms with E-state index in [2.05, 4.69) is 54.8 Å². The molecule has 0 spiro atoms. The quantitative estimate of drug-likeness (QED) is 0.535. The molecule has 3 heteroatoms. The first kappa shape index (κ1) is 13.8. The lowest BCUT2D eigenvalue weighted by Crippen LogP contribution is -2.02. The Morgan fingerprint density at radius 2 is 1.87 bits per heavy atom.